The molecular weight excluding hydrogens is 470 g/mol. The molecule has 0 radical (unpaired) electrons. The molecule has 184 valence electrons. The van der Waals surface area contributed by atoms with Crippen LogP contribution in [0.25, 0.3) is 10.9 Å². The number of aliphatic hydroxyl groups is 1. The highest BCUT2D eigenvalue weighted by molar-refractivity contribution is 7.85. The first-order valence-corrected chi connectivity index (χ1v) is 11.6. The second-order valence-corrected chi connectivity index (χ2v) is 9.87. The van der Waals surface area contributed by atoms with E-state index in [0.717, 1.165) is 0 Å². The summed E-state index contributed by atoms with van der Waals surface area (Å²) < 4.78 is 24.1. The fraction of sp³-hybridized carbons (Fsp3) is 0.250. The Kier molecular flexibility index (Phi) is 7.70. The third-order valence-electron chi connectivity index (χ3n) is 4.88. The highest BCUT2D eigenvalue weighted by Crippen LogP contribution is 2.34. The van der Waals surface area contributed by atoms with Crippen molar-refractivity contribution in [3.05, 3.63) is 54.6 Å². The van der Waals surface area contributed by atoms with Crippen LogP contribution in [0.4, 0.5) is 10.5 Å². The first kappa shape index (κ1) is 25.6. The van der Waals surface area contributed by atoms with E-state index in [1.54, 1.807) is 57.2 Å². The molecule has 0 spiro atoms. The number of anilines is 1. The second-order valence-electron chi connectivity index (χ2n) is 8.47. The lowest BCUT2D eigenvalue weighted by Gasteiger charge is -2.17. The van der Waals surface area contributed by atoms with Crippen LogP contribution in [0.2, 0.25) is 0 Å². The molecule has 11 heteroatoms. The average Bonchev–Trinajstić information content (AvgIpc) is 2.81. The molecule has 1 unspecified atom stereocenters. The van der Waals surface area contributed by atoms with Gasteiger partial charge in [-0.05, 0) is 24.3 Å². The number of amidine groups is 1. The molecule has 3 rings (SSSR count). The number of amides is 2. The van der Waals surface area contributed by atoms with Crippen LogP contribution < -0.4 is 20.1 Å². The van der Waals surface area contributed by atoms with E-state index in [1.165, 1.54) is 26.6 Å². The summed E-state index contributed by atoms with van der Waals surface area (Å²) in [5, 5.41) is 23.6. The molecule has 1 aromatic heterocycles. The highest BCUT2D eigenvalue weighted by atomic mass is 32.2. The summed E-state index contributed by atoms with van der Waals surface area (Å²) in [6, 6.07) is 9.14. The number of methoxy groups -OCH3 is 2. The lowest BCUT2D eigenvalue weighted by molar-refractivity contribution is 0.256. The summed E-state index contributed by atoms with van der Waals surface area (Å²) in [5.74, 6) is 0.635. The summed E-state index contributed by atoms with van der Waals surface area (Å²) in [4.78, 5) is 21.2. The zero-order valence-electron chi connectivity index (χ0n) is 20.0. The number of nitrogens with one attached hydrogen (secondary N) is 3. The van der Waals surface area contributed by atoms with Gasteiger partial charge in [0.1, 0.15) is 33.7 Å². The van der Waals surface area contributed by atoms with E-state index in [1.807, 2.05) is 0 Å². The number of rotatable bonds is 6. The predicted molar refractivity (Wildman–Crippen MR) is 134 cm³/mol. The third kappa shape index (κ3) is 6.12. The average molecular weight is 498 g/mol. The van der Waals surface area contributed by atoms with Gasteiger partial charge in [0.05, 0.1) is 19.7 Å². The normalized spacial score (nSPS) is 12.7. The van der Waals surface area contributed by atoms with Crippen LogP contribution in [0.3, 0.4) is 0 Å². The Labute approximate surface area is 205 Å². The van der Waals surface area contributed by atoms with Crippen LogP contribution in [0.1, 0.15) is 20.8 Å². The summed E-state index contributed by atoms with van der Waals surface area (Å²) in [6.45, 7) is 5.35. The van der Waals surface area contributed by atoms with Crippen LogP contribution in [0, 0.1) is 10.8 Å². The van der Waals surface area contributed by atoms with Gasteiger partial charge in [-0.15, -0.1) is 0 Å². The number of hydrogen-bond acceptors (Lipinski definition) is 8. The Morgan fingerprint density at radius 1 is 1.11 bits per heavy atom. The maximum absolute atomic E-state index is 13.4. The van der Waals surface area contributed by atoms with Gasteiger partial charge in [0, 0.05) is 33.5 Å². The SMILES string of the molecule is COc1cc2ncnc(S(=O)c3cccc(NC(=O)NC(=N)/C=C(\O)C(C)(C)C)c3)c2cc1OC. The van der Waals surface area contributed by atoms with Crippen molar-refractivity contribution < 1.29 is 23.6 Å². The lowest BCUT2D eigenvalue weighted by atomic mass is 9.93. The first-order chi connectivity index (χ1) is 16.5. The van der Waals surface area contributed by atoms with Crippen molar-refractivity contribution in [3.8, 4) is 11.5 Å². The minimum absolute atomic E-state index is 0.0356. The van der Waals surface area contributed by atoms with E-state index in [9.17, 15) is 14.1 Å². The summed E-state index contributed by atoms with van der Waals surface area (Å²) >= 11 is 0. The Morgan fingerprint density at radius 2 is 1.80 bits per heavy atom. The van der Waals surface area contributed by atoms with Crippen molar-refractivity contribution >= 4 is 39.3 Å². The number of aliphatic hydroxyl groups excluding tert-OH is 1. The van der Waals surface area contributed by atoms with Gasteiger partial charge in [0.15, 0.2) is 11.5 Å². The zero-order chi connectivity index (χ0) is 25.8. The number of allylic oxidation sites excluding steroid dienone is 1. The topological polar surface area (TPSA) is 147 Å². The van der Waals surface area contributed by atoms with E-state index in [2.05, 4.69) is 20.6 Å². The van der Waals surface area contributed by atoms with Crippen molar-refractivity contribution in [1.29, 1.82) is 5.41 Å². The summed E-state index contributed by atoms with van der Waals surface area (Å²) in [7, 11) is 1.32. The molecule has 4 N–H and O–H groups in total. The number of nitrogens with zero attached hydrogens (tertiary/aromatic N) is 2. The van der Waals surface area contributed by atoms with E-state index >= 15 is 0 Å². The largest absolute Gasteiger partial charge is 0.512 e. The van der Waals surface area contributed by atoms with Crippen LogP contribution in [0.5, 0.6) is 11.5 Å². The molecule has 0 aliphatic carbocycles. The molecule has 10 nitrogen and oxygen atoms in total. The minimum Gasteiger partial charge on any atom is -0.512 e. The molecule has 0 fully saturated rings. The van der Waals surface area contributed by atoms with Crippen LogP contribution >= 0.6 is 0 Å². The maximum atomic E-state index is 13.4. The lowest BCUT2D eigenvalue weighted by Crippen LogP contribution is -2.33. The van der Waals surface area contributed by atoms with Crippen molar-refractivity contribution in [2.24, 2.45) is 5.41 Å². The van der Waals surface area contributed by atoms with Gasteiger partial charge >= 0.3 is 6.03 Å². The number of urea groups is 1. The summed E-state index contributed by atoms with van der Waals surface area (Å²) in [6.07, 6.45) is 2.50. The number of carbonyl (C=O) groups excluding carboxylic acids is 1. The van der Waals surface area contributed by atoms with Gasteiger partial charge in [0.25, 0.3) is 0 Å². The number of hydrogen-bond donors (Lipinski definition) is 4. The monoisotopic (exact) mass is 497 g/mol. The molecule has 3 aromatic rings. The predicted octanol–water partition coefficient (Wildman–Crippen LogP) is 4.40. The standard InChI is InChI=1S/C24H27N5O5S/c1-24(2,3)20(30)12-21(25)29-23(31)28-14-7-6-8-15(9-14)35(32)22-16-10-18(33-4)19(34-5)11-17(16)26-13-27-22/h6-13,30H,1-5H3,(H3,25,28,29,31)/b20-12-. The molecular formula is C24H27N5O5S. The second kappa shape index (κ2) is 10.5. The van der Waals surface area contributed by atoms with Crippen molar-refractivity contribution in [1.82, 2.24) is 15.3 Å². The number of fused-ring (bicyclic) bond motifs is 1. The van der Waals surface area contributed by atoms with Crippen LogP contribution in [0.15, 0.2) is 64.5 Å². The van der Waals surface area contributed by atoms with Gasteiger partial charge in [-0.25, -0.2) is 19.0 Å². The number of carbonyl (C=O) groups is 1. The molecule has 1 heterocycles. The van der Waals surface area contributed by atoms with Crippen molar-refractivity contribution in [2.45, 2.75) is 30.7 Å². The first-order valence-electron chi connectivity index (χ1n) is 10.5. The molecule has 0 bridgehead atoms. The maximum Gasteiger partial charge on any atom is 0.324 e. The minimum atomic E-state index is -1.70. The number of benzene rings is 2. The van der Waals surface area contributed by atoms with Crippen molar-refractivity contribution in [2.75, 3.05) is 19.5 Å². The fourth-order valence-corrected chi connectivity index (χ4v) is 4.15. The Morgan fingerprint density at radius 3 is 2.46 bits per heavy atom. The number of ether oxygens (including phenoxy) is 2. The van der Waals surface area contributed by atoms with Crippen LogP contribution in [-0.4, -0.2) is 45.4 Å². The fourth-order valence-electron chi connectivity index (χ4n) is 2.98. The molecule has 0 aliphatic heterocycles. The molecule has 0 saturated carbocycles. The zero-order valence-corrected chi connectivity index (χ0v) is 20.8. The molecule has 0 aliphatic rings. The molecule has 2 amide bonds. The summed E-state index contributed by atoms with van der Waals surface area (Å²) in [5.41, 5.74) is 0.353. The van der Waals surface area contributed by atoms with E-state index < -0.39 is 22.2 Å². The van der Waals surface area contributed by atoms with Gasteiger partial charge in [-0.2, -0.15) is 0 Å². The Hall–Kier alpha value is -3.99. The highest BCUT2D eigenvalue weighted by Gasteiger charge is 2.18. The molecule has 35 heavy (non-hydrogen) atoms. The van der Waals surface area contributed by atoms with Gasteiger partial charge in [0.2, 0.25) is 0 Å². The van der Waals surface area contributed by atoms with E-state index in [4.69, 9.17) is 14.9 Å². The quantitative estimate of drug-likeness (QED) is 0.171. The van der Waals surface area contributed by atoms with Crippen molar-refractivity contribution in [3.63, 3.8) is 0 Å². The van der Waals surface area contributed by atoms with Gasteiger partial charge in [-0.1, -0.05) is 26.8 Å². The van der Waals surface area contributed by atoms with Gasteiger partial charge < -0.3 is 19.9 Å². The smallest absolute Gasteiger partial charge is 0.324 e. The Bertz CT molecular complexity index is 1330. The van der Waals surface area contributed by atoms with E-state index in [-0.39, 0.29) is 16.6 Å². The molecule has 0 saturated heterocycles. The molecule has 1 atom stereocenters. The van der Waals surface area contributed by atoms with Crippen LogP contribution in [-0.2, 0) is 10.8 Å². The Balaban J connectivity index is 1.83. The third-order valence-corrected chi connectivity index (χ3v) is 6.24. The molecule has 2 aromatic carbocycles. The number of aromatic nitrogens is 2. The van der Waals surface area contributed by atoms with E-state index in [0.29, 0.717) is 33.0 Å². The van der Waals surface area contributed by atoms with Gasteiger partial charge in [-0.3, -0.25) is 10.7 Å².